The normalized spacial score (nSPS) is 9.94. The molecule has 0 aliphatic rings. The van der Waals surface area contributed by atoms with Gasteiger partial charge in [0.15, 0.2) is 0 Å². The van der Waals surface area contributed by atoms with Gasteiger partial charge < -0.3 is 11.1 Å². The van der Waals surface area contributed by atoms with E-state index >= 15 is 0 Å². The molecule has 3 heteroatoms. The van der Waals surface area contributed by atoms with Crippen molar-refractivity contribution in [3.05, 3.63) is 66.6 Å². The van der Waals surface area contributed by atoms with Gasteiger partial charge in [0.25, 0.3) is 5.91 Å². The summed E-state index contributed by atoms with van der Waals surface area (Å²) >= 11 is 0. The highest BCUT2D eigenvalue weighted by molar-refractivity contribution is 6.05. The highest BCUT2D eigenvalue weighted by Gasteiger charge is 2.06. The quantitative estimate of drug-likeness (QED) is 0.772. The zero-order chi connectivity index (χ0) is 12.3. The predicted molar refractivity (Wildman–Crippen MR) is 69.7 cm³/mol. The van der Waals surface area contributed by atoms with E-state index in [1.54, 1.807) is 36.4 Å². The second kappa shape index (κ2) is 4.70. The summed E-state index contributed by atoms with van der Waals surface area (Å²) in [6.45, 7) is 3.77. The molecule has 0 aromatic heterocycles. The number of nitrogen functional groups attached to an aromatic ring is 1. The molecule has 0 aliphatic carbocycles. The molecule has 0 saturated heterocycles. The Morgan fingerprint density at radius 1 is 1.06 bits per heavy atom. The van der Waals surface area contributed by atoms with E-state index in [1.807, 2.05) is 12.1 Å². The van der Waals surface area contributed by atoms with Crippen molar-refractivity contribution in [1.29, 1.82) is 0 Å². The van der Waals surface area contributed by atoms with Crippen LogP contribution in [0, 0.1) is 6.92 Å². The monoisotopic (exact) mass is 225 g/mol. The SMILES string of the molecule is [CH2]c1ccc(C(=O)Nc2ccccc2N)cc1. The van der Waals surface area contributed by atoms with Crippen LogP contribution in [0.3, 0.4) is 0 Å². The fourth-order valence-electron chi connectivity index (χ4n) is 1.46. The van der Waals surface area contributed by atoms with Gasteiger partial charge in [0.1, 0.15) is 0 Å². The molecule has 0 unspecified atom stereocenters. The lowest BCUT2D eigenvalue weighted by molar-refractivity contribution is 0.102. The van der Waals surface area contributed by atoms with E-state index in [0.29, 0.717) is 16.9 Å². The van der Waals surface area contributed by atoms with E-state index < -0.39 is 0 Å². The number of nitrogens with one attached hydrogen (secondary N) is 1. The summed E-state index contributed by atoms with van der Waals surface area (Å²) in [5.74, 6) is -0.178. The number of anilines is 2. The molecule has 1 radical (unpaired) electrons. The Hall–Kier alpha value is -2.29. The molecule has 3 nitrogen and oxygen atoms in total. The number of nitrogens with two attached hydrogens (primary N) is 1. The second-order valence-corrected chi connectivity index (χ2v) is 3.74. The van der Waals surface area contributed by atoms with Gasteiger partial charge in [-0.05, 0) is 36.8 Å². The van der Waals surface area contributed by atoms with E-state index in [4.69, 9.17) is 5.73 Å². The van der Waals surface area contributed by atoms with Gasteiger partial charge in [-0.1, -0.05) is 24.3 Å². The van der Waals surface area contributed by atoms with Crippen molar-refractivity contribution in [2.75, 3.05) is 11.1 Å². The Morgan fingerprint density at radius 2 is 1.71 bits per heavy atom. The van der Waals surface area contributed by atoms with Crippen molar-refractivity contribution in [2.45, 2.75) is 0 Å². The maximum absolute atomic E-state index is 11.9. The van der Waals surface area contributed by atoms with Gasteiger partial charge >= 0.3 is 0 Å². The number of carbonyl (C=O) groups excluding carboxylic acids is 1. The summed E-state index contributed by atoms with van der Waals surface area (Å²) in [5.41, 5.74) is 8.38. The van der Waals surface area contributed by atoms with Crippen LogP contribution in [0.15, 0.2) is 48.5 Å². The Morgan fingerprint density at radius 3 is 2.35 bits per heavy atom. The zero-order valence-electron chi connectivity index (χ0n) is 9.31. The first-order valence-electron chi connectivity index (χ1n) is 5.25. The molecule has 0 saturated carbocycles. The molecule has 0 aliphatic heterocycles. The van der Waals surface area contributed by atoms with Crippen molar-refractivity contribution in [1.82, 2.24) is 0 Å². The van der Waals surface area contributed by atoms with Crippen molar-refractivity contribution in [3.63, 3.8) is 0 Å². The lowest BCUT2D eigenvalue weighted by Crippen LogP contribution is -2.12. The smallest absolute Gasteiger partial charge is 0.255 e. The minimum atomic E-state index is -0.178. The van der Waals surface area contributed by atoms with Gasteiger partial charge in [-0.3, -0.25) is 4.79 Å². The van der Waals surface area contributed by atoms with Crippen molar-refractivity contribution >= 4 is 17.3 Å². The molecule has 2 aromatic carbocycles. The predicted octanol–water partition coefficient (Wildman–Crippen LogP) is 2.70. The number of para-hydroxylation sites is 2. The van der Waals surface area contributed by atoms with E-state index in [2.05, 4.69) is 12.2 Å². The summed E-state index contributed by atoms with van der Waals surface area (Å²) < 4.78 is 0. The molecule has 3 N–H and O–H groups in total. The number of carbonyl (C=O) groups is 1. The van der Waals surface area contributed by atoms with E-state index in [-0.39, 0.29) is 5.91 Å². The highest BCUT2D eigenvalue weighted by atomic mass is 16.1. The molecule has 2 aromatic rings. The molecule has 0 spiro atoms. The lowest BCUT2D eigenvalue weighted by Gasteiger charge is -2.07. The van der Waals surface area contributed by atoms with Gasteiger partial charge in [-0.2, -0.15) is 0 Å². The first-order chi connectivity index (χ1) is 8.16. The third-order valence-corrected chi connectivity index (χ3v) is 2.43. The number of amides is 1. The molecule has 2 rings (SSSR count). The van der Waals surface area contributed by atoms with Crippen LogP contribution in [-0.4, -0.2) is 5.91 Å². The third kappa shape index (κ3) is 2.64. The first kappa shape index (κ1) is 11.2. The van der Waals surface area contributed by atoms with Crippen LogP contribution in [0.1, 0.15) is 15.9 Å². The molecule has 1 amide bonds. The van der Waals surface area contributed by atoms with Crippen LogP contribution < -0.4 is 11.1 Å². The molecule has 0 heterocycles. The highest BCUT2D eigenvalue weighted by Crippen LogP contribution is 2.17. The Balaban J connectivity index is 2.17. The fraction of sp³-hybridized carbons (Fsp3) is 0. The van der Waals surface area contributed by atoms with Crippen LogP contribution in [0.25, 0.3) is 0 Å². The van der Waals surface area contributed by atoms with E-state index in [0.717, 1.165) is 5.56 Å². The van der Waals surface area contributed by atoms with Crippen molar-refractivity contribution in [2.24, 2.45) is 0 Å². The molecule has 0 fully saturated rings. The van der Waals surface area contributed by atoms with Crippen LogP contribution in [0.4, 0.5) is 11.4 Å². The molecular weight excluding hydrogens is 212 g/mol. The summed E-state index contributed by atoms with van der Waals surface area (Å²) in [6, 6.07) is 14.2. The van der Waals surface area contributed by atoms with E-state index in [9.17, 15) is 4.79 Å². The first-order valence-corrected chi connectivity index (χ1v) is 5.25. The zero-order valence-corrected chi connectivity index (χ0v) is 9.31. The third-order valence-electron chi connectivity index (χ3n) is 2.43. The maximum Gasteiger partial charge on any atom is 0.255 e. The molecule has 0 bridgehead atoms. The Bertz CT molecular complexity index is 532. The Labute approximate surface area is 100 Å². The van der Waals surface area contributed by atoms with Gasteiger partial charge in [-0.25, -0.2) is 0 Å². The van der Waals surface area contributed by atoms with Gasteiger partial charge in [0.05, 0.1) is 11.4 Å². The van der Waals surface area contributed by atoms with Gasteiger partial charge in [-0.15, -0.1) is 0 Å². The summed E-state index contributed by atoms with van der Waals surface area (Å²) in [4.78, 5) is 11.9. The largest absolute Gasteiger partial charge is 0.397 e. The van der Waals surface area contributed by atoms with E-state index in [1.165, 1.54) is 0 Å². The standard InChI is InChI=1S/C14H13N2O/c1-10-6-8-11(9-7-10)14(17)16-13-5-3-2-4-12(13)15/h2-9H,1,15H2,(H,16,17). The average molecular weight is 225 g/mol. The van der Waals surface area contributed by atoms with Gasteiger partial charge in [0.2, 0.25) is 0 Å². The summed E-state index contributed by atoms with van der Waals surface area (Å²) in [7, 11) is 0. The van der Waals surface area contributed by atoms with Crippen LogP contribution in [-0.2, 0) is 0 Å². The number of rotatable bonds is 2. The number of hydrogen-bond acceptors (Lipinski definition) is 2. The molecule has 0 atom stereocenters. The lowest BCUT2D eigenvalue weighted by atomic mass is 10.1. The van der Waals surface area contributed by atoms with Crippen molar-refractivity contribution < 1.29 is 4.79 Å². The Kier molecular flexibility index (Phi) is 3.10. The molecule has 85 valence electrons. The van der Waals surface area contributed by atoms with Crippen LogP contribution >= 0.6 is 0 Å². The minimum Gasteiger partial charge on any atom is -0.397 e. The van der Waals surface area contributed by atoms with Crippen molar-refractivity contribution in [3.8, 4) is 0 Å². The second-order valence-electron chi connectivity index (χ2n) is 3.74. The fourth-order valence-corrected chi connectivity index (χ4v) is 1.46. The summed E-state index contributed by atoms with van der Waals surface area (Å²) in [5, 5.41) is 2.76. The van der Waals surface area contributed by atoms with Gasteiger partial charge in [0, 0.05) is 5.56 Å². The molecule has 17 heavy (non-hydrogen) atoms. The summed E-state index contributed by atoms with van der Waals surface area (Å²) in [6.07, 6.45) is 0. The minimum absolute atomic E-state index is 0.178. The topological polar surface area (TPSA) is 55.1 Å². The maximum atomic E-state index is 11.9. The number of hydrogen-bond donors (Lipinski definition) is 2. The molecular formula is C14H13N2O. The number of benzene rings is 2. The average Bonchev–Trinajstić information content (AvgIpc) is 2.33. The van der Waals surface area contributed by atoms with Crippen LogP contribution in [0.2, 0.25) is 0 Å². The van der Waals surface area contributed by atoms with Crippen LogP contribution in [0.5, 0.6) is 0 Å².